The minimum atomic E-state index is 0.454. The zero-order valence-electron chi connectivity index (χ0n) is 10.2. The number of aryl methyl sites for hydroxylation is 1. The Kier molecular flexibility index (Phi) is 4.26. The molecule has 0 atom stereocenters. The van der Waals surface area contributed by atoms with Crippen LogP contribution in [0.15, 0.2) is 24.3 Å². The van der Waals surface area contributed by atoms with Crippen LogP contribution in [0.4, 0.5) is 0 Å². The summed E-state index contributed by atoms with van der Waals surface area (Å²) in [5.74, 6) is 1.05. The van der Waals surface area contributed by atoms with Gasteiger partial charge in [0.2, 0.25) is 0 Å². The molecule has 0 spiro atoms. The van der Waals surface area contributed by atoms with E-state index in [0.717, 1.165) is 12.2 Å². The fourth-order valence-electron chi connectivity index (χ4n) is 2.36. The number of ether oxygens (including phenoxy) is 1. The van der Waals surface area contributed by atoms with Gasteiger partial charge in [0.05, 0.1) is 6.10 Å². The molecule has 1 aliphatic rings. The lowest BCUT2D eigenvalue weighted by Crippen LogP contribution is -2.14. The van der Waals surface area contributed by atoms with Crippen molar-refractivity contribution in [3.8, 4) is 5.75 Å². The van der Waals surface area contributed by atoms with Gasteiger partial charge >= 0.3 is 0 Å². The molecule has 1 nitrogen and oxygen atoms in total. The smallest absolute Gasteiger partial charge is 0.119 e. The summed E-state index contributed by atoms with van der Waals surface area (Å²) < 4.78 is 6.03. The molecule has 0 aromatic heterocycles. The normalized spacial score (nSPS) is 18.1. The first kappa shape index (κ1) is 11.5. The summed E-state index contributed by atoms with van der Waals surface area (Å²) in [4.78, 5) is 0. The van der Waals surface area contributed by atoms with E-state index < -0.39 is 0 Å². The summed E-state index contributed by atoms with van der Waals surface area (Å²) in [5, 5.41) is 0. The van der Waals surface area contributed by atoms with Gasteiger partial charge in [0.1, 0.15) is 5.75 Å². The first-order valence-electron chi connectivity index (χ1n) is 6.64. The van der Waals surface area contributed by atoms with Gasteiger partial charge in [-0.05, 0) is 49.8 Å². The van der Waals surface area contributed by atoms with Crippen molar-refractivity contribution < 1.29 is 4.74 Å². The highest BCUT2D eigenvalue weighted by molar-refractivity contribution is 5.27. The highest BCUT2D eigenvalue weighted by atomic mass is 16.5. The van der Waals surface area contributed by atoms with Crippen LogP contribution in [0.2, 0.25) is 0 Å². The van der Waals surface area contributed by atoms with E-state index in [0.29, 0.717) is 6.10 Å². The third-order valence-corrected chi connectivity index (χ3v) is 3.44. The molecule has 0 radical (unpaired) electrons. The van der Waals surface area contributed by atoms with Crippen molar-refractivity contribution in [2.24, 2.45) is 0 Å². The van der Waals surface area contributed by atoms with E-state index in [2.05, 4.69) is 31.2 Å². The highest BCUT2D eigenvalue weighted by Gasteiger charge is 2.13. The summed E-state index contributed by atoms with van der Waals surface area (Å²) >= 11 is 0. The molecule has 0 saturated heterocycles. The van der Waals surface area contributed by atoms with Crippen molar-refractivity contribution in [1.82, 2.24) is 0 Å². The molecule has 0 heterocycles. The molecule has 88 valence electrons. The Labute approximate surface area is 98.8 Å². The van der Waals surface area contributed by atoms with E-state index in [-0.39, 0.29) is 0 Å². The fourth-order valence-corrected chi connectivity index (χ4v) is 2.36. The van der Waals surface area contributed by atoms with E-state index in [9.17, 15) is 0 Å². The van der Waals surface area contributed by atoms with Crippen molar-refractivity contribution in [2.75, 3.05) is 0 Å². The maximum Gasteiger partial charge on any atom is 0.119 e. The summed E-state index contributed by atoms with van der Waals surface area (Å²) in [6, 6.07) is 8.57. The molecule has 1 aliphatic carbocycles. The Hall–Kier alpha value is -0.980. The fraction of sp³-hybridized carbons (Fsp3) is 0.600. The van der Waals surface area contributed by atoms with Crippen LogP contribution in [0.25, 0.3) is 0 Å². The van der Waals surface area contributed by atoms with Gasteiger partial charge in [0.25, 0.3) is 0 Å². The van der Waals surface area contributed by atoms with Crippen LogP contribution >= 0.6 is 0 Å². The zero-order chi connectivity index (χ0) is 11.2. The van der Waals surface area contributed by atoms with Crippen LogP contribution < -0.4 is 4.74 Å². The lowest BCUT2D eigenvalue weighted by Gasteiger charge is -2.17. The molecule has 1 aromatic carbocycles. The molecule has 0 unspecified atom stereocenters. The van der Waals surface area contributed by atoms with Crippen LogP contribution in [0, 0.1) is 0 Å². The standard InChI is InChI=1S/C15H22O/c1-2-13-9-11-15(12-10-13)16-14-7-5-3-4-6-8-14/h9-12,14H,2-8H2,1H3. The number of hydrogen-bond acceptors (Lipinski definition) is 1. The third-order valence-electron chi connectivity index (χ3n) is 3.44. The molecule has 1 fully saturated rings. The Bertz CT molecular complexity index is 294. The highest BCUT2D eigenvalue weighted by Crippen LogP contribution is 2.23. The third kappa shape index (κ3) is 3.26. The Morgan fingerprint density at radius 2 is 1.62 bits per heavy atom. The maximum absolute atomic E-state index is 6.03. The van der Waals surface area contributed by atoms with Crippen LogP contribution in [-0.4, -0.2) is 6.10 Å². The van der Waals surface area contributed by atoms with Gasteiger partial charge in [-0.15, -0.1) is 0 Å². The van der Waals surface area contributed by atoms with Crippen molar-refractivity contribution in [2.45, 2.75) is 58.0 Å². The molecule has 0 amide bonds. The first-order valence-corrected chi connectivity index (χ1v) is 6.64. The van der Waals surface area contributed by atoms with E-state index in [1.54, 1.807) is 0 Å². The van der Waals surface area contributed by atoms with Crippen LogP contribution in [0.1, 0.15) is 51.0 Å². The van der Waals surface area contributed by atoms with Gasteiger partial charge in [-0.3, -0.25) is 0 Å². The molecule has 2 rings (SSSR count). The molecular formula is C15H22O. The molecule has 0 bridgehead atoms. The van der Waals surface area contributed by atoms with Crippen LogP contribution in [0.3, 0.4) is 0 Å². The van der Waals surface area contributed by atoms with E-state index in [1.165, 1.54) is 44.1 Å². The topological polar surface area (TPSA) is 9.23 Å². The lowest BCUT2D eigenvalue weighted by atomic mass is 10.1. The van der Waals surface area contributed by atoms with Gasteiger partial charge in [0, 0.05) is 0 Å². The molecule has 1 heteroatoms. The van der Waals surface area contributed by atoms with Crippen molar-refractivity contribution in [3.05, 3.63) is 29.8 Å². The van der Waals surface area contributed by atoms with E-state index in [4.69, 9.17) is 4.74 Å². The zero-order valence-corrected chi connectivity index (χ0v) is 10.2. The summed E-state index contributed by atoms with van der Waals surface area (Å²) in [5.41, 5.74) is 1.38. The molecule has 16 heavy (non-hydrogen) atoms. The Morgan fingerprint density at radius 1 is 1.00 bits per heavy atom. The van der Waals surface area contributed by atoms with Gasteiger partial charge in [-0.25, -0.2) is 0 Å². The SMILES string of the molecule is CCc1ccc(OC2CCCCCC2)cc1. The van der Waals surface area contributed by atoms with Crippen molar-refractivity contribution in [1.29, 1.82) is 0 Å². The second kappa shape index (κ2) is 5.93. The van der Waals surface area contributed by atoms with E-state index in [1.807, 2.05) is 0 Å². The largest absolute Gasteiger partial charge is 0.490 e. The maximum atomic E-state index is 6.03. The number of hydrogen-bond donors (Lipinski definition) is 0. The second-order valence-corrected chi connectivity index (χ2v) is 4.73. The second-order valence-electron chi connectivity index (χ2n) is 4.73. The molecule has 0 aliphatic heterocycles. The minimum Gasteiger partial charge on any atom is -0.490 e. The summed E-state index contributed by atoms with van der Waals surface area (Å²) in [6.45, 7) is 2.18. The predicted molar refractivity (Wildman–Crippen MR) is 67.9 cm³/mol. The van der Waals surface area contributed by atoms with Gasteiger partial charge < -0.3 is 4.74 Å². The monoisotopic (exact) mass is 218 g/mol. The Morgan fingerprint density at radius 3 is 2.19 bits per heavy atom. The average molecular weight is 218 g/mol. The predicted octanol–water partition coefficient (Wildman–Crippen LogP) is 4.35. The Balaban J connectivity index is 1.91. The molecular weight excluding hydrogens is 196 g/mol. The molecule has 0 N–H and O–H groups in total. The average Bonchev–Trinajstić information content (AvgIpc) is 2.59. The lowest BCUT2D eigenvalue weighted by molar-refractivity contribution is 0.183. The summed E-state index contributed by atoms with van der Waals surface area (Å²) in [6.07, 6.45) is 9.45. The van der Waals surface area contributed by atoms with Gasteiger partial charge in [0.15, 0.2) is 0 Å². The minimum absolute atomic E-state index is 0.454. The van der Waals surface area contributed by atoms with Crippen LogP contribution in [0.5, 0.6) is 5.75 Å². The van der Waals surface area contributed by atoms with Gasteiger partial charge in [-0.1, -0.05) is 31.9 Å². The van der Waals surface area contributed by atoms with Crippen molar-refractivity contribution in [3.63, 3.8) is 0 Å². The molecule has 1 aromatic rings. The van der Waals surface area contributed by atoms with Gasteiger partial charge in [-0.2, -0.15) is 0 Å². The molecule has 1 saturated carbocycles. The quantitative estimate of drug-likeness (QED) is 0.685. The van der Waals surface area contributed by atoms with Crippen LogP contribution in [-0.2, 0) is 6.42 Å². The number of benzene rings is 1. The number of rotatable bonds is 3. The van der Waals surface area contributed by atoms with E-state index >= 15 is 0 Å². The van der Waals surface area contributed by atoms with Crippen molar-refractivity contribution >= 4 is 0 Å². The summed E-state index contributed by atoms with van der Waals surface area (Å²) in [7, 11) is 0. The first-order chi connectivity index (χ1) is 7.88.